The second-order valence-corrected chi connectivity index (χ2v) is 5.84. The summed E-state index contributed by atoms with van der Waals surface area (Å²) in [6.07, 6.45) is 6.73. The number of nitrogens with one attached hydrogen (secondary N) is 1. The van der Waals surface area contributed by atoms with Crippen LogP contribution in [0.3, 0.4) is 0 Å². The maximum absolute atomic E-state index is 5.48. The number of nitrogens with zero attached hydrogens (tertiary/aromatic N) is 1. The highest BCUT2D eigenvalue weighted by atomic mass is 16.3. The molecule has 1 aromatic rings. The maximum Gasteiger partial charge on any atom is 0.105 e. The fraction of sp³-hybridized carbons (Fsp3) is 0.750. The zero-order chi connectivity index (χ0) is 13.5. The van der Waals surface area contributed by atoms with E-state index in [1.54, 1.807) is 6.26 Å². The van der Waals surface area contributed by atoms with Crippen molar-refractivity contribution in [2.24, 2.45) is 5.92 Å². The van der Waals surface area contributed by atoms with Crippen molar-refractivity contribution in [3.8, 4) is 0 Å². The largest absolute Gasteiger partial charge is 0.469 e. The molecule has 2 unspecified atom stereocenters. The SMILES string of the molecule is CCCN(CC1CCCNC1)C(C)Cc1ccco1. The normalized spacial score (nSPS) is 21.7. The van der Waals surface area contributed by atoms with Crippen LogP contribution >= 0.6 is 0 Å². The van der Waals surface area contributed by atoms with Gasteiger partial charge in [0, 0.05) is 19.0 Å². The van der Waals surface area contributed by atoms with Crippen LogP contribution in [0.15, 0.2) is 22.8 Å². The van der Waals surface area contributed by atoms with Crippen LogP contribution in [0.2, 0.25) is 0 Å². The van der Waals surface area contributed by atoms with Gasteiger partial charge in [-0.05, 0) is 63.9 Å². The maximum atomic E-state index is 5.48. The topological polar surface area (TPSA) is 28.4 Å². The van der Waals surface area contributed by atoms with Crippen molar-refractivity contribution in [2.45, 2.75) is 45.6 Å². The number of piperidine rings is 1. The summed E-state index contributed by atoms with van der Waals surface area (Å²) in [4.78, 5) is 2.64. The van der Waals surface area contributed by atoms with E-state index in [-0.39, 0.29) is 0 Å². The highest BCUT2D eigenvalue weighted by molar-refractivity contribution is 5.00. The molecule has 0 amide bonds. The van der Waals surface area contributed by atoms with Gasteiger partial charge in [-0.3, -0.25) is 4.90 Å². The average molecular weight is 264 g/mol. The van der Waals surface area contributed by atoms with E-state index in [2.05, 4.69) is 30.1 Å². The number of furan rings is 1. The lowest BCUT2D eigenvalue weighted by Crippen LogP contribution is -2.43. The summed E-state index contributed by atoms with van der Waals surface area (Å²) in [7, 11) is 0. The molecule has 1 fully saturated rings. The molecule has 1 aromatic heterocycles. The summed E-state index contributed by atoms with van der Waals surface area (Å²) in [6.45, 7) is 9.40. The van der Waals surface area contributed by atoms with Gasteiger partial charge in [-0.25, -0.2) is 0 Å². The third-order valence-electron chi connectivity index (χ3n) is 4.10. The first-order valence-electron chi connectivity index (χ1n) is 7.76. The minimum atomic E-state index is 0.563. The van der Waals surface area contributed by atoms with Crippen molar-refractivity contribution in [1.29, 1.82) is 0 Å². The molecule has 1 saturated heterocycles. The van der Waals surface area contributed by atoms with E-state index < -0.39 is 0 Å². The lowest BCUT2D eigenvalue weighted by atomic mass is 9.98. The van der Waals surface area contributed by atoms with E-state index in [4.69, 9.17) is 4.42 Å². The molecule has 0 radical (unpaired) electrons. The third-order valence-corrected chi connectivity index (χ3v) is 4.10. The standard InChI is InChI=1S/C16H28N2O/c1-3-9-18(13-15-6-4-8-17-12-15)14(2)11-16-7-5-10-19-16/h5,7,10,14-15,17H,3-4,6,8-9,11-13H2,1-2H3. The summed E-state index contributed by atoms with van der Waals surface area (Å²) >= 11 is 0. The fourth-order valence-corrected chi connectivity index (χ4v) is 3.04. The fourth-order valence-electron chi connectivity index (χ4n) is 3.04. The zero-order valence-electron chi connectivity index (χ0n) is 12.4. The van der Waals surface area contributed by atoms with Crippen LogP contribution in [0.4, 0.5) is 0 Å². The Morgan fingerprint density at radius 1 is 1.53 bits per heavy atom. The van der Waals surface area contributed by atoms with Crippen LogP contribution in [-0.4, -0.2) is 37.1 Å². The molecule has 0 aliphatic carbocycles. The van der Waals surface area contributed by atoms with E-state index in [0.717, 1.165) is 18.1 Å². The van der Waals surface area contributed by atoms with Gasteiger partial charge in [0.25, 0.3) is 0 Å². The van der Waals surface area contributed by atoms with Gasteiger partial charge >= 0.3 is 0 Å². The summed E-state index contributed by atoms with van der Waals surface area (Å²) < 4.78 is 5.48. The molecule has 1 aliphatic heterocycles. The zero-order valence-corrected chi connectivity index (χ0v) is 12.4. The Bertz CT molecular complexity index is 331. The second kappa shape index (κ2) is 7.71. The predicted molar refractivity (Wildman–Crippen MR) is 79.3 cm³/mol. The quantitative estimate of drug-likeness (QED) is 0.821. The van der Waals surface area contributed by atoms with Crippen LogP contribution < -0.4 is 5.32 Å². The summed E-state index contributed by atoms with van der Waals surface area (Å²) in [5.74, 6) is 1.93. The van der Waals surface area contributed by atoms with Gasteiger partial charge in [0.2, 0.25) is 0 Å². The minimum absolute atomic E-state index is 0.563. The van der Waals surface area contributed by atoms with Gasteiger partial charge in [0.05, 0.1) is 6.26 Å². The Morgan fingerprint density at radius 3 is 3.05 bits per heavy atom. The molecule has 1 aliphatic rings. The Hall–Kier alpha value is -0.800. The second-order valence-electron chi connectivity index (χ2n) is 5.84. The Balaban J connectivity index is 1.86. The van der Waals surface area contributed by atoms with Crippen molar-refractivity contribution in [3.63, 3.8) is 0 Å². The molecule has 2 heterocycles. The number of hydrogen-bond donors (Lipinski definition) is 1. The highest BCUT2D eigenvalue weighted by Gasteiger charge is 2.20. The predicted octanol–water partition coefficient (Wildman–Crippen LogP) is 2.92. The molecule has 3 heteroatoms. The molecule has 108 valence electrons. The van der Waals surface area contributed by atoms with Crippen LogP contribution in [0.1, 0.15) is 38.9 Å². The van der Waals surface area contributed by atoms with Gasteiger partial charge in [-0.15, -0.1) is 0 Å². The van der Waals surface area contributed by atoms with E-state index >= 15 is 0 Å². The van der Waals surface area contributed by atoms with Crippen molar-refractivity contribution < 1.29 is 4.42 Å². The monoisotopic (exact) mass is 264 g/mol. The first kappa shape index (κ1) is 14.6. The van der Waals surface area contributed by atoms with Crippen molar-refractivity contribution in [3.05, 3.63) is 24.2 Å². The summed E-state index contributed by atoms with van der Waals surface area (Å²) in [5, 5.41) is 3.52. The van der Waals surface area contributed by atoms with Gasteiger partial charge in [-0.2, -0.15) is 0 Å². The molecular weight excluding hydrogens is 236 g/mol. The first-order chi connectivity index (χ1) is 9.29. The minimum Gasteiger partial charge on any atom is -0.469 e. The molecule has 19 heavy (non-hydrogen) atoms. The van der Waals surface area contributed by atoms with E-state index in [9.17, 15) is 0 Å². The Labute approximate surface area is 117 Å². The van der Waals surface area contributed by atoms with Crippen LogP contribution in [-0.2, 0) is 6.42 Å². The Morgan fingerprint density at radius 2 is 2.42 bits per heavy atom. The van der Waals surface area contributed by atoms with Crippen LogP contribution in [0.5, 0.6) is 0 Å². The van der Waals surface area contributed by atoms with E-state index in [1.807, 2.05) is 6.07 Å². The third kappa shape index (κ3) is 4.66. The average Bonchev–Trinajstić information content (AvgIpc) is 2.92. The van der Waals surface area contributed by atoms with Crippen LogP contribution in [0.25, 0.3) is 0 Å². The van der Waals surface area contributed by atoms with E-state index in [0.29, 0.717) is 6.04 Å². The molecule has 3 nitrogen and oxygen atoms in total. The molecule has 1 N–H and O–H groups in total. The first-order valence-corrected chi connectivity index (χ1v) is 7.76. The van der Waals surface area contributed by atoms with Crippen molar-refractivity contribution >= 4 is 0 Å². The highest BCUT2D eigenvalue weighted by Crippen LogP contribution is 2.16. The van der Waals surface area contributed by atoms with Crippen molar-refractivity contribution in [2.75, 3.05) is 26.2 Å². The van der Waals surface area contributed by atoms with Gasteiger partial charge < -0.3 is 9.73 Å². The summed E-state index contributed by atoms with van der Waals surface area (Å²) in [6, 6.07) is 4.63. The molecular formula is C16H28N2O. The van der Waals surface area contributed by atoms with Gasteiger partial charge in [0.15, 0.2) is 0 Å². The van der Waals surface area contributed by atoms with Crippen LogP contribution in [0, 0.1) is 5.92 Å². The Kier molecular flexibility index (Phi) is 5.93. The number of hydrogen-bond acceptors (Lipinski definition) is 3. The van der Waals surface area contributed by atoms with Gasteiger partial charge in [-0.1, -0.05) is 6.92 Å². The number of rotatable bonds is 7. The lowest BCUT2D eigenvalue weighted by molar-refractivity contribution is 0.157. The van der Waals surface area contributed by atoms with Crippen molar-refractivity contribution in [1.82, 2.24) is 10.2 Å². The molecule has 0 spiro atoms. The molecule has 0 saturated carbocycles. The molecule has 2 atom stereocenters. The molecule has 0 aromatic carbocycles. The van der Waals surface area contributed by atoms with Gasteiger partial charge in [0.1, 0.15) is 5.76 Å². The lowest BCUT2D eigenvalue weighted by Gasteiger charge is -2.33. The smallest absolute Gasteiger partial charge is 0.105 e. The summed E-state index contributed by atoms with van der Waals surface area (Å²) in [5.41, 5.74) is 0. The van der Waals surface area contributed by atoms with E-state index in [1.165, 1.54) is 45.4 Å². The molecule has 2 rings (SSSR count). The molecule has 0 bridgehead atoms.